The number of nitrogens with zero attached hydrogens (tertiary/aromatic N) is 2. The number of hydrogen-bond donors (Lipinski definition) is 1. The zero-order chi connectivity index (χ0) is 19.1. The van der Waals surface area contributed by atoms with Crippen molar-refractivity contribution in [2.75, 3.05) is 53.0 Å². The zero-order valence-corrected chi connectivity index (χ0v) is 16.0. The molecule has 27 heavy (non-hydrogen) atoms. The average Bonchev–Trinajstić information content (AvgIpc) is 2.71. The largest absolute Gasteiger partial charge is 0.493 e. The van der Waals surface area contributed by atoms with Crippen molar-refractivity contribution < 1.29 is 19.1 Å². The van der Waals surface area contributed by atoms with E-state index in [0.717, 1.165) is 38.9 Å². The highest BCUT2D eigenvalue weighted by atomic mass is 16.5. The van der Waals surface area contributed by atoms with E-state index < -0.39 is 0 Å². The Hall–Kier alpha value is -2.12. The van der Waals surface area contributed by atoms with Gasteiger partial charge in [-0.3, -0.25) is 9.59 Å². The van der Waals surface area contributed by atoms with Crippen molar-refractivity contribution in [3.8, 4) is 5.75 Å². The lowest BCUT2D eigenvalue weighted by molar-refractivity contribution is -0.135. The Labute approximate surface area is 160 Å². The summed E-state index contributed by atoms with van der Waals surface area (Å²) in [7, 11) is 1.67. The second-order valence-corrected chi connectivity index (χ2v) is 7.03. The summed E-state index contributed by atoms with van der Waals surface area (Å²) in [6, 6.07) is 7.45. The molecule has 1 aromatic rings. The number of amides is 2. The molecular formula is C20H29N3O4. The van der Waals surface area contributed by atoms with Crippen molar-refractivity contribution in [2.24, 2.45) is 0 Å². The van der Waals surface area contributed by atoms with Gasteiger partial charge >= 0.3 is 0 Å². The molecule has 3 rings (SSSR count). The molecule has 0 aromatic heterocycles. The third kappa shape index (κ3) is 5.20. The Morgan fingerprint density at radius 1 is 1.30 bits per heavy atom. The quantitative estimate of drug-likeness (QED) is 0.724. The molecule has 0 saturated carbocycles. The fraction of sp³-hybridized carbons (Fsp3) is 0.600. The number of piperidine rings is 1. The van der Waals surface area contributed by atoms with Crippen LogP contribution in [0.1, 0.15) is 29.6 Å². The number of carbonyl (C=O) groups excluding carboxylic acids is 2. The van der Waals surface area contributed by atoms with Crippen molar-refractivity contribution in [2.45, 2.75) is 25.3 Å². The first-order valence-electron chi connectivity index (χ1n) is 9.70. The Bertz CT molecular complexity index is 652. The number of ether oxygens (including phenoxy) is 2. The van der Waals surface area contributed by atoms with Crippen LogP contribution in [0.4, 0.5) is 0 Å². The molecule has 7 heteroatoms. The molecule has 1 atom stereocenters. The van der Waals surface area contributed by atoms with Gasteiger partial charge in [0, 0.05) is 57.9 Å². The summed E-state index contributed by atoms with van der Waals surface area (Å²) in [4.78, 5) is 28.9. The molecule has 2 fully saturated rings. The third-order valence-corrected chi connectivity index (χ3v) is 5.09. The minimum atomic E-state index is 0.00428. The summed E-state index contributed by atoms with van der Waals surface area (Å²) in [6.45, 7) is 4.47. The van der Waals surface area contributed by atoms with E-state index in [4.69, 9.17) is 9.47 Å². The molecule has 7 nitrogen and oxygen atoms in total. The summed E-state index contributed by atoms with van der Waals surface area (Å²) in [6.07, 6.45) is 2.68. The molecule has 2 saturated heterocycles. The molecule has 2 amide bonds. The van der Waals surface area contributed by atoms with Crippen molar-refractivity contribution in [1.82, 2.24) is 15.1 Å². The number of carbonyl (C=O) groups is 2. The van der Waals surface area contributed by atoms with Gasteiger partial charge in [-0.25, -0.2) is 0 Å². The number of likely N-dealkylation sites (tertiary alicyclic amines) is 1. The fourth-order valence-electron chi connectivity index (χ4n) is 3.70. The fourth-order valence-corrected chi connectivity index (χ4v) is 3.70. The number of piperazine rings is 1. The van der Waals surface area contributed by atoms with Crippen LogP contribution in [-0.4, -0.2) is 80.7 Å². The topological polar surface area (TPSA) is 71.1 Å². The molecule has 0 spiro atoms. The first-order valence-corrected chi connectivity index (χ1v) is 9.70. The van der Waals surface area contributed by atoms with E-state index in [1.807, 2.05) is 28.0 Å². The molecule has 1 aromatic carbocycles. The summed E-state index contributed by atoms with van der Waals surface area (Å²) in [5.41, 5.74) is 0.631. The lowest BCUT2D eigenvalue weighted by Crippen LogP contribution is -2.57. The lowest BCUT2D eigenvalue weighted by Gasteiger charge is -2.41. The lowest BCUT2D eigenvalue weighted by atomic mass is 10.0. The van der Waals surface area contributed by atoms with Crippen LogP contribution in [0, 0.1) is 0 Å². The minimum absolute atomic E-state index is 0.00428. The summed E-state index contributed by atoms with van der Waals surface area (Å²) < 4.78 is 10.7. The second-order valence-electron chi connectivity index (χ2n) is 7.03. The third-order valence-electron chi connectivity index (χ3n) is 5.09. The van der Waals surface area contributed by atoms with Crippen molar-refractivity contribution >= 4 is 11.8 Å². The summed E-state index contributed by atoms with van der Waals surface area (Å²) in [5, 5.41) is 3.10. The number of hydrogen-bond acceptors (Lipinski definition) is 5. The maximum Gasteiger partial charge on any atom is 0.254 e. The van der Waals surface area contributed by atoms with Gasteiger partial charge in [-0.2, -0.15) is 0 Å². The van der Waals surface area contributed by atoms with Gasteiger partial charge in [-0.1, -0.05) is 6.07 Å². The van der Waals surface area contributed by atoms with Crippen molar-refractivity contribution in [1.29, 1.82) is 0 Å². The summed E-state index contributed by atoms with van der Waals surface area (Å²) in [5.74, 6) is 0.833. The van der Waals surface area contributed by atoms with Crippen molar-refractivity contribution in [3.05, 3.63) is 29.8 Å². The molecule has 1 N–H and O–H groups in total. The standard InChI is InChI=1S/C20H29N3O4/c1-26-11-4-12-27-18-7-2-5-16(13-18)20(25)22-9-3-6-17(15-22)23-10-8-21-14-19(23)24/h2,5,7,13,17,21H,3-4,6,8-12,14-15H2,1H3. The van der Waals surface area contributed by atoms with Crippen molar-refractivity contribution in [3.63, 3.8) is 0 Å². The van der Waals surface area contributed by atoms with Gasteiger partial charge in [0.25, 0.3) is 5.91 Å². The van der Waals surface area contributed by atoms with Crippen LogP contribution in [0.3, 0.4) is 0 Å². The van der Waals surface area contributed by atoms with E-state index in [0.29, 0.717) is 37.6 Å². The molecule has 2 heterocycles. The minimum Gasteiger partial charge on any atom is -0.493 e. The SMILES string of the molecule is COCCCOc1cccc(C(=O)N2CCCC(N3CCNCC3=O)C2)c1. The van der Waals surface area contributed by atoms with Crippen LogP contribution in [0.15, 0.2) is 24.3 Å². The van der Waals surface area contributed by atoms with Crippen LogP contribution in [0.5, 0.6) is 5.75 Å². The van der Waals surface area contributed by atoms with Crippen LogP contribution >= 0.6 is 0 Å². The number of benzene rings is 1. The van der Waals surface area contributed by atoms with Gasteiger partial charge in [-0.05, 0) is 31.0 Å². The van der Waals surface area contributed by atoms with E-state index >= 15 is 0 Å². The zero-order valence-electron chi connectivity index (χ0n) is 16.0. The van der Waals surface area contributed by atoms with Gasteiger partial charge in [0.15, 0.2) is 0 Å². The normalized spacial score (nSPS) is 20.6. The highest BCUT2D eigenvalue weighted by Gasteiger charge is 2.31. The van der Waals surface area contributed by atoms with Gasteiger partial charge in [0.05, 0.1) is 13.2 Å². The molecule has 1 unspecified atom stereocenters. The van der Waals surface area contributed by atoms with Gasteiger partial charge in [0.2, 0.25) is 5.91 Å². The number of nitrogens with one attached hydrogen (secondary N) is 1. The molecule has 148 valence electrons. The molecule has 0 aliphatic carbocycles. The highest BCUT2D eigenvalue weighted by molar-refractivity contribution is 5.94. The Morgan fingerprint density at radius 2 is 2.19 bits per heavy atom. The van der Waals surface area contributed by atoms with E-state index in [1.54, 1.807) is 13.2 Å². The average molecular weight is 375 g/mol. The van der Waals surface area contributed by atoms with Crippen LogP contribution in [0.2, 0.25) is 0 Å². The molecule has 0 bridgehead atoms. The number of rotatable bonds is 7. The van der Waals surface area contributed by atoms with Gasteiger partial charge in [-0.15, -0.1) is 0 Å². The van der Waals surface area contributed by atoms with Crippen LogP contribution < -0.4 is 10.1 Å². The Kier molecular flexibility index (Phi) is 7.06. The van der Waals surface area contributed by atoms with E-state index in [-0.39, 0.29) is 17.9 Å². The van der Waals surface area contributed by atoms with E-state index in [1.165, 1.54) is 0 Å². The molecular weight excluding hydrogens is 346 g/mol. The number of methoxy groups -OCH3 is 1. The Balaban J connectivity index is 1.60. The molecule has 2 aliphatic heterocycles. The van der Waals surface area contributed by atoms with Gasteiger partial charge < -0.3 is 24.6 Å². The second kappa shape index (κ2) is 9.71. The smallest absolute Gasteiger partial charge is 0.254 e. The maximum atomic E-state index is 13.0. The van der Waals surface area contributed by atoms with Gasteiger partial charge in [0.1, 0.15) is 5.75 Å². The predicted octanol–water partition coefficient (Wildman–Crippen LogP) is 1.14. The predicted molar refractivity (Wildman–Crippen MR) is 102 cm³/mol. The summed E-state index contributed by atoms with van der Waals surface area (Å²) >= 11 is 0. The van der Waals surface area contributed by atoms with E-state index in [2.05, 4.69) is 5.32 Å². The van der Waals surface area contributed by atoms with Crippen LogP contribution in [0.25, 0.3) is 0 Å². The monoisotopic (exact) mass is 375 g/mol. The molecule has 2 aliphatic rings. The maximum absolute atomic E-state index is 13.0. The first kappa shape index (κ1) is 19.6. The first-order chi connectivity index (χ1) is 13.2. The molecule has 0 radical (unpaired) electrons. The highest BCUT2D eigenvalue weighted by Crippen LogP contribution is 2.21. The van der Waals surface area contributed by atoms with Crippen LogP contribution in [-0.2, 0) is 9.53 Å². The van der Waals surface area contributed by atoms with E-state index in [9.17, 15) is 9.59 Å². The Morgan fingerprint density at radius 3 is 3.00 bits per heavy atom.